The van der Waals surface area contributed by atoms with Crippen LogP contribution in [0.1, 0.15) is 5.56 Å². The summed E-state index contributed by atoms with van der Waals surface area (Å²) < 4.78 is 5.57. The normalized spacial score (nSPS) is 15.9. The number of carbonyl (C=O) groups is 2. The van der Waals surface area contributed by atoms with Gasteiger partial charge in [0.25, 0.3) is 0 Å². The first-order valence-electron chi connectivity index (χ1n) is 6.90. The summed E-state index contributed by atoms with van der Waals surface area (Å²) in [6.07, 6.45) is 2.67. The van der Waals surface area contributed by atoms with Crippen LogP contribution in [0, 0.1) is 0 Å². The molecule has 3 rings (SSSR count). The molecular formula is C17H12BrNO4S. The van der Waals surface area contributed by atoms with Gasteiger partial charge in [-0.25, -0.2) is 9.69 Å². The van der Waals surface area contributed by atoms with E-state index in [4.69, 9.17) is 4.74 Å². The van der Waals surface area contributed by atoms with E-state index in [1.807, 2.05) is 18.4 Å². The molecule has 1 aliphatic heterocycles. The molecule has 2 amide bonds. The molecule has 0 radical (unpaired) electrons. The van der Waals surface area contributed by atoms with Gasteiger partial charge in [0, 0.05) is 4.90 Å². The Labute approximate surface area is 151 Å². The summed E-state index contributed by atoms with van der Waals surface area (Å²) in [7, 11) is 0. The number of halogens is 1. The largest absolute Gasteiger partial charge is 0.507 e. The van der Waals surface area contributed by atoms with E-state index in [1.165, 1.54) is 12.1 Å². The minimum atomic E-state index is -0.735. The van der Waals surface area contributed by atoms with Crippen LogP contribution in [-0.4, -0.2) is 23.4 Å². The van der Waals surface area contributed by atoms with E-state index >= 15 is 0 Å². The lowest BCUT2D eigenvalue weighted by atomic mass is 10.2. The van der Waals surface area contributed by atoms with E-state index in [0.717, 1.165) is 9.80 Å². The molecule has 0 aliphatic carbocycles. The van der Waals surface area contributed by atoms with Crippen LogP contribution in [-0.2, 0) is 9.53 Å². The second-order valence-electron chi connectivity index (χ2n) is 4.93. The zero-order valence-electron chi connectivity index (χ0n) is 12.5. The maximum atomic E-state index is 12.5. The highest BCUT2D eigenvalue weighted by Crippen LogP contribution is 2.29. The first-order valence-corrected chi connectivity index (χ1v) is 8.92. The maximum Gasteiger partial charge on any atom is 0.427 e. The van der Waals surface area contributed by atoms with Crippen molar-refractivity contribution < 1.29 is 19.4 Å². The van der Waals surface area contributed by atoms with Crippen molar-refractivity contribution in [2.75, 3.05) is 11.2 Å². The summed E-state index contributed by atoms with van der Waals surface area (Å²) in [5.74, 6) is -0.505. The van der Waals surface area contributed by atoms with Crippen LogP contribution in [0.4, 0.5) is 10.5 Å². The van der Waals surface area contributed by atoms with Crippen LogP contribution in [0.25, 0.3) is 6.08 Å². The number of nitrogens with zero attached hydrogens (tertiary/aromatic N) is 1. The van der Waals surface area contributed by atoms with Crippen LogP contribution in [0.5, 0.6) is 5.75 Å². The molecule has 1 heterocycles. The van der Waals surface area contributed by atoms with Gasteiger partial charge in [0.2, 0.25) is 0 Å². The molecule has 1 N–H and O–H groups in total. The van der Waals surface area contributed by atoms with Gasteiger partial charge < -0.3 is 9.84 Å². The third-order valence-corrected chi connectivity index (χ3v) is 4.77. The molecule has 2 aromatic rings. The molecule has 1 aliphatic rings. The van der Waals surface area contributed by atoms with Gasteiger partial charge in [-0.1, -0.05) is 6.07 Å². The van der Waals surface area contributed by atoms with Gasteiger partial charge in [0.1, 0.15) is 5.75 Å². The number of hydrogen-bond donors (Lipinski definition) is 1. The molecule has 1 fully saturated rings. The van der Waals surface area contributed by atoms with E-state index in [-0.39, 0.29) is 11.5 Å². The molecule has 0 unspecified atom stereocenters. The smallest absolute Gasteiger partial charge is 0.427 e. The number of benzene rings is 2. The van der Waals surface area contributed by atoms with Crippen LogP contribution in [0.2, 0.25) is 0 Å². The highest BCUT2D eigenvalue weighted by atomic mass is 79.9. The Hall–Kier alpha value is -2.25. The highest BCUT2D eigenvalue weighted by molar-refractivity contribution is 9.10. The summed E-state index contributed by atoms with van der Waals surface area (Å²) in [6, 6.07) is 11.8. The van der Waals surface area contributed by atoms with Crippen LogP contribution < -0.4 is 4.90 Å². The number of rotatable bonds is 3. The van der Waals surface area contributed by atoms with E-state index in [9.17, 15) is 14.7 Å². The number of cyclic esters (lactones) is 1. The number of thioether (sulfide) groups is 1. The molecule has 2 aromatic carbocycles. The lowest BCUT2D eigenvalue weighted by molar-refractivity contribution is -0.114. The number of ether oxygens (including phenoxy) is 1. The van der Waals surface area contributed by atoms with Gasteiger partial charge in [0.15, 0.2) is 5.76 Å². The topological polar surface area (TPSA) is 66.8 Å². The molecular weight excluding hydrogens is 394 g/mol. The number of imide groups is 1. The van der Waals surface area contributed by atoms with E-state index in [1.54, 1.807) is 36.0 Å². The average Bonchev–Trinajstić information content (AvgIpc) is 2.85. The first kappa shape index (κ1) is 16.6. The van der Waals surface area contributed by atoms with Crippen molar-refractivity contribution in [3.63, 3.8) is 0 Å². The van der Waals surface area contributed by atoms with Crippen LogP contribution in [0.15, 0.2) is 57.6 Å². The fourth-order valence-corrected chi connectivity index (χ4v) is 2.99. The van der Waals surface area contributed by atoms with E-state index < -0.39 is 12.0 Å². The van der Waals surface area contributed by atoms with Crippen molar-refractivity contribution in [1.29, 1.82) is 0 Å². The first-order chi connectivity index (χ1) is 11.5. The standard InChI is InChI=1S/C17H12BrNO4S/c1-24-12-5-3-11(4-6-12)19-16(21)15(23-17(19)22)9-10-2-7-14(20)13(18)8-10/h2-9,20H,1H3/b15-9+. The Morgan fingerprint density at radius 2 is 1.88 bits per heavy atom. The van der Waals surface area contributed by atoms with E-state index in [2.05, 4.69) is 15.9 Å². The van der Waals surface area contributed by atoms with Crippen molar-refractivity contribution in [3.8, 4) is 5.75 Å². The summed E-state index contributed by atoms with van der Waals surface area (Å²) in [5.41, 5.74) is 1.08. The predicted molar refractivity (Wildman–Crippen MR) is 96.0 cm³/mol. The fraction of sp³-hybridized carbons (Fsp3) is 0.0588. The number of aromatic hydroxyl groups is 1. The quantitative estimate of drug-likeness (QED) is 0.605. The molecule has 122 valence electrons. The van der Waals surface area contributed by atoms with Gasteiger partial charge in [-0.2, -0.15) is 0 Å². The summed E-state index contributed by atoms with van der Waals surface area (Å²) in [5, 5.41) is 9.50. The van der Waals surface area contributed by atoms with Crippen LogP contribution >= 0.6 is 27.7 Å². The minimum Gasteiger partial charge on any atom is -0.507 e. The molecule has 0 atom stereocenters. The van der Waals surface area contributed by atoms with Gasteiger partial charge in [-0.3, -0.25) is 4.79 Å². The predicted octanol–water partition coefficient (Wildman–Crippen LogP) is 4.40. The number of phenolic OH excluding ortho intramolecular Hbond substituents is 1. The molecule has 24 heavy (non-hydrogen) atoms. The Bertz CT molecular complexity index is 848. The van der Waals surface area contributed by atoms with Gasteiger partial charge >= 0.3 is 12.0 Å². The fourth-order valence-electron chi connectivity index (χ4n) is 2.19. The Morgan fingerprint density at radius 1 is 1.17 bits per heavy atom. The second kappa shape index (κ2) is 6.70. The summed E-state index contributed by atoms with van der Waals surface area (Å²) >= 11 is 4.77. The number of carbonyl (C=O) groups excluding carboxylic acids is 2. The minimum absolute atomic E-state index is 0.0634. The lowest BCUT2D eigenvalue weighted by Crippen LogP contribution is -2.28. The zero-order valence-corrected chi connectivity index (χ0v) is 14.9. The summed E-state index contributed by atoms with van der Waals surface area (Å²) in [6.45, 7) is 0. The van der Waals surface area contributed by atoms with Crippen molar-refractivity contribution in [1.82, 2.24) is 0 Å². The molecule has 0 bridgehead atoms. The Kier molecular flexibility index (Phi) is 4.64. The second-order valence-corrected chi connectivity index (χ2v) is 6.66. The monoisotopic (exact) mass is 405 g/mol. The Morgan fingerprint density at radius 3 is 2.50 bits per heavy atom. The van der Waals surface area contributed by atoms with Gasteiger partial charge in [-0.05, 0) is 70.2 Å². The molecule has 0 aromatic heterocycles. The molecule has 7 heteroatoms. The number of amides is 2. The SMILES string of the molecule is CSc1ccc(N2C(=O)O/C(=C/c3ccc(O)c(Br)c3)C2=O)cc1. The van der Waals surface area contributed by atoms with Crippen molar-refractivity contribution in [3.05, 3.63) is 58.3 Å². The van der Waals surface area contributed by atoms with E-state index in [0.29, 0.717) is 15.7 Å². The highest BCUT2D eigenvalue weighted by Gasteiger charge is 2.37. The van der Waals surface area contributed by atoms with Gasteiger partial charge in [0.05, 0.1) is 10.2 Å². The number of phenols is 1. The van der Waals surface area contributed by atoms with Gasteiger partial charge in [-0.15, -0.1) is 11.8 Å². The van der Waals surface area contributed by atoms with Crippen molar-refractivity contribution >= 4 is 51.5 Å². The Balaban J connectivity index is 1.90. The molecule has 1 saturated heterocycles. The summed E-state index contributed by atoms with van der Waals surface area (Å²) in [4.78, 5) is 26.5. The third kappa shape index (κ3) is 3.18. The lowest BCUT2D eigenvalue weighted by Gasteiger charge is -2.10. The average molecular weight is 406 g/mol. The van der Waals surface area contributed by atoms with Crippen LogP contribution in [0.3, 0.4) is 0 Å². The number of hydrogen-bond acceptors (Lipinski definition) is 5. The van der Waals surface area contributed by atoms with Crippen molar-refractivity contribution in [2.24, 2.45) is 0 Å². The molecule has 0 spiro atoms. The number of anilines is 1. The molecule has 0 saturated carbocycles. The molecule has 5 nitrogen and oxygen atoms in total. The van der Waals surface area contributed by atoms with Crippen molar-refractivity contribution in [2.45, 2.75) is 4.90 Å². The maximum absolute atomic E-state index is 12.5. The third-order valence-electron chi connectivity index (χ3n) is 3.39. The zero-order chi connectivity index (χ0) is 17.3.